The number of nitrogens with one attached hydrogen (secondary N) is 1. The third-order valence-corrected chi connectivity index (χ3v) is 5.47. The van der Waals surface area contributed by atoms with E-state index in [0.29, 0.717) is 28.1 Å². The first-order valence-electron chi connectivity index (χ1n) is 10.1. The second-order valence-electron chi connectivity index (χ2n) is 7.58. The number of rotatable bonds is 5. The quantitative estimate of drug-likeness (QED) is 0.361. The van der Waals surface area contributed by atoms with Crippen LogP contribution in [0.2, 0.25) is 0 Å². The third-order valence-electron chi connectivity index (χ3n) is 5.47. The number of halogens is 2. The van der Waals surface area contributed by atoms with Crippen LogP contribution in [-0.4, -0.2) is 60.0 Å². The van der Waals surface area contributed by atoms with Crippen molar-refractivity contribution in [3.63, 3.8) is 0 Å². The summed E-state index contributed by atoms with van der Waals surface area (Å²) in [5, 5.41) is 38.3. The Balaban J connectivity index is 1.68. The summed E-state index contributed by atoms with van der Waals surface area (Å²) in [7, 11) is 0. The molecule has 1 aliphatic rings. The van der Waals surface area contributed by atoms with Crippen LogP contribution in [0.15, 0.2) is 54.9 Å². The lowest BCUT2D eigenvalue weighted by Gasteiger charge is -2.15. The Labute approximate surface area is 185 Å². The van der Waals surface area contributed by atoms with Gasteiger partial charge in [0.25, 0.3) is 0 Å². The predicted molar refractivity (Wildman–Crippen MR) is 113 cm³/mol. The maximum atomic E-state index is 13.5. The lowest BCUT2D eigenvalue weighted by Crippen LogP contribution is -2.33. The maximum absolute atomic E-state index is 13.5. The van der Waals surface area contributed by atoms with Crippen molar-refractivity contribution in [2.75, 3.05) is 11.9 Å². The van der Waals surface area contributed by atoms with Gasteiger partial charge in [0.15, 0.2) is 11.9 Å². The highest BCUT2D eigenvalue weighted by Gasteiger charge is 2.45. The van der Waals surface area contributed by atoms with Crippen LogP contribution in [0.25, 0.3) is 22.3 Å². The van der Waals surface area contributed by atoms with E-state index in [2.05, 4.69) is 20.4 Å². The number of aromatic nitrogens is 4. The van der Waals surface area contributed by atoms with Gasteiger partial charge in [-0.3, -0.25) is 0 Å². The molecule has 2 aromatic carbocycles. The number of aliphatic hydroxyl groups is 3. The molecule has 1 fully saturated rings. The number of nitrogens with zero attached hydrogens (tertiary/aromatic N) is 4. The number of anilines is 2. The molecule has 0 bridgehead atoms. The first-order chi connectivity index (χ1) is 16.0. The molecule has 9 nitrogen and oxygen atoms in total. The van der Waals surface area contributed by atoms with Crippen LogP contribution < -0.4 is 5.32 Å². The third kappa shape index (κ3) is 3.80. The van der Waals surface area contributed by atoms with Gasteiger partial charge in [0, 0.05) is 11.3 Å². The van der Waals surface area contributed by atoms with Crippen LogP contribution >= 0.6 is 0 Å². The van der Waals surface area contributed by atoms with Gasteiger partial charge in [-0.2, -0.15) is 5.10 Å². The smallest absolute Gasteiger partial charge is 0.181 e. The molecule has 4 N–H and O–H groups in total. The van der Waals surface area contributed by atoms with Gasteiger partial charge >= 0.3 is 0 Å². The fourth-order valence-corrected chi connectivity index (χ4v) is 3.81. The van der Waals surface area contributed by atoms with E-state index in [-0.39, 0.29) is 5.65 Å². The first-order valence-corrected chi connectivity index (χ1v) is 10.1. The summed E-state index contributed by atoms with van der Waals surface area (Å²) in [6.45, 7) is -0.495. The molecule has 5 rings (SSSR count). The van der Waals surface area contributed by atoms with E-state index in [9.17, 15) is 24.1 Å². The van der Waals surface area contributed by atoms with Crippen LogP contribution in [0.4, 0.5) is 20.3 Å². The Morgan fingerprint density at radius 3 is 2.24 bits per heavy atom. The Bertz CT molecular complexity index is 1280. The average Bonchev–Trinajstić information content (AvgIpc) is 3.34. The average molecular weight is 455 g/mol. The minimum absolute atomic E-state index is 0.267. The summed E-state index contributed by atoms with van der Waals surface area (Å²) in [6, 6.07) is 11.3. The minimum atomic E-state index is -1.38. The van der Waals surface area contributed by atoms with Gasteiger partial charge in [-0.15, -0.1) is 0 Å². The summed E-state index contributed by atoms with van der Waals surface area (Å²) in [5.74, 6) is -0.478. The normalized spacial score (nSPS) is 22.7. The zero-order valence-electron chi connectivity index (χ0n) is 17.0. The number of hydrogen-bond donors (Lipinski definition) is 4. The van der Waals surface area contributed by atoms with Crippen molar-refractivity contribution in [3.8, 4) is 11.3 Å². The molecule has 4 atom stereocenters. The molecule has 1 aliphatic heterocycles. The molecule has 0 aliphatic carbocycles. The molecular formula is C22H19F2N5O4. The van der Waals surface area contributed by atoms with Crippen molar-refractivity contribution in [1.29, 1.82) is 0 Å². The molecule has 170 valence electrons. The molecule has 1 saturated heterocycles. The SMILES string of the molecule is OC[C@H]1O[C@@H](n2nc(-c3ccc(F)cc3)c3c(Nc4ccc(F)cc4)ncnc32)[C@@H](O)[C@H]1O. The van der Waals surface area contributed by atoms with E-state index < -0.39 is 42.8 Å². The zero-order chi connectivity index (χ0) is 23.1. The van der Waals surface area contributed by atoms with Crippen LogP contribution in [0.1, 0.15) is 6.23 Å². The van der Waals surface area contributed by atoms with E-state index >= 15 is 0 Å². The van der Waals surface area contributed by atoms with Gasteiger partial charge < -0.3 is 25.4 Å². The van der Waals surface area contributed by atoms with Gasteiger partial charge in [0.2, 0.25) is 0 Å². The van der Waals surface area contributed by atoms with Crippen LogP contribution in [0, 0.1) is 11.6 Å². The van der Waals surface area contributed by atoms with Crippen LogP contribution in [0.5, 0.6) is 0 Å². The van der Waals surface area contributed by atoms with E-state index in [1.165, 1.54) is 59.5 Å². The predicted octanol–water partition coefficient (Wildman–Crippen LogP) is 2.13. The summed E-state index contributed by atoms with van der Waals surface area (Å²) in [5.41, 5.74) is 1.74. The molecule has 3 heterocycles. The highest BCUT2D eigenvalue weighted by Crippen LogP contribution is 2.37. The van der Waals surface area contributed by atoms with Crippen molar-refractivity contribution in [3.05, 3.63) is 66.5 Å². The van der Waals surface area contributed by atoms with E-state index in [4.69, 9.17) is 4.74 Å². The molecule has 11 heteroatoms. The van der Waals surface area contributed by atoms with E-state index in [1.54, 1.807) is 0 Å². The largest absolute Gasteiger partial charge is 0.394 e. The van der Waals surface area contributed by atoms with Gasteiger partial charge in [-0.25, -0.2) is 23.4 Å². The standard InChI is InChI=1S/C22H19F2N5O4/c23-12-3-1-11(2-4-12)17-16-20(27-14-7-5-13(24)6-8-14)25-10-26-21(16)29(28-17)22-19(32)18(31)15(9-30)33-22/h1-8,10,15,18-19,22,30-32H,9H2,(H,25,26,27)/t15-,18+,19+,22-/m1/s1. The maximum Gasteiger partial charge on any atom is 0.181 e. The Kier molecular flexibility index (Phi) is 5.46. The number of aliphatic hydroxyl groups excluding tert-OH is 3. The fraction of sp³-hybridized carbons (Fsp3) is 0.227. The van der Waals surface area contributed by atoms with Crippen LogP contribution in [0.3, 0.4) is 0 Å². The highest BCUT2D eigenvalue weighted by atomic mass is 19.1. The van der Waals surface area contributed by atoms with Gasteiger partial charge in [0.1, 0.15) is 47.8 Å². The summed E-state index contributed by atoms with van der Waals surface area (Å²) < 4.78 is 33.8. The second-order valence-corrected chi connectivity index (χ2v) is 7.58. The van der Waals surface area contributed by atoms with E-state index in [0.717, 1.165) is 0 Å². The molecule has 0 spiro atoms. The van der Waals surface area contributed by atoms with Gasteiger partial charge in [-0.05, 0) is 48.5 Å². The lowest BCUT2D eigenvalue weighted by atomic mass is 10.1. The second kappa shape index (κ2) is 8.45. The molecule has 33 heavy (non-hydrogen) atoms. The van der Waals surface area contributed by atoms with E-state index in [1.807, 2.05) is 0 Å². The fourth-order valence-electron chi connectivity index (χ4n) is 3.81. The van der Waals surface area contributed by atoms with Gasteiger partial charge in [-0.1, -0.05) is 0 Å². The molecule has 0 unspecified atom stereocenters. The molecule has 0 radical (unpaired) electrons. The molecular weight excluding hydrogens is 436 g/mol. The van der Waals surface area contributed by atoms with Crippen molar-refractivity contribution in [2.45, 2.75) is 24.5 Å². The Morgan fingerprint density at radius 1 is 0.939 bits per heavy atom. The van der Waals surface area contributed by atoms with Gasteiger partial charge in [0.05, 0.1) is 12.0 Å². The monoisotopic (exact) mass is 455 g/mol. The Hall–Kier alpha value is -3.51. The van der Waals surface area contributed by atoms with Crippen molar-refractivity contribution in [2.24, 2.45) is 0 Å². The molecule has 0 amide bonds. The Morgan fingerprint density at radius 2 is 1.61 bits per heavy atom. The number of hydrogen-bond acceptors (Lipinski definition) is 8. The topological polar surface area (TPSA) is 126 Å². The van der Waals surface area contributed by atoms with Crippen LogP contribution in [-0.2, 0) is 4.74 Å². The van der Waals surface area contributed by atoms with Crippen molar-refractivity contribution >= 4 is 22.5 Å². The number of fused-ring (bicyclic) bond motifs is 1. The number of ether oxygens (including phenoxy) is 1. The summed E-state index contributed by atoms with van der Waals surface area (Å²) in [4.78, 5) is 8.59. The zero-order valence-corrected chi connectivity index (χ0v) is 17.0. The van der Waals surface area contributed by atoms with Crippen molar-refractivity contribution < 1.29 is 28.8 Å². The number of benzene rings is 2. The van der Waals surface area contributed by atoms with Crippen molar-refractivity contribution in [1.82, 2.24) is 19.7 Å². The minimum Gasteiger partial charge on any atom is -0.394 e. The summed E-state index contributed by atoms with van der Waals surface area (Å²) in [6.07, 6.45) is -3.57. The molecule has 0 saturated carbocycles. The summed E-state index contributed by atoms with van der Waals surface area (Å²) >= 11 is 0. The molecule has 4 aromatic rings. The first kappa shape index (κ1) is 21.3. The lowest BCUT2D eigenvalue weighted by molar-refractivity contribution is -0.0565. The molecule has 2 aromatic heterocycles. The highest BCUT2D eigenvalue weighted by molar-refractivity contribution is 6.00.